The summed E-state index contributed by atoms with van der Waals surface area (Å²) in [5, 5.41) is 15.1. The Balaban J connectivity index is 1.30. The van der Waals surface area contributed by atoms with E-state index in [1.54, 1.807) is 12.1 Å². The maximum atomic E-state index is 13.2. The van der Waals surface area contributed by atoms with Gasteiger partial charge in [-0.05, 0) is 54.7 Å². The molecule has 2 atom stereocenters. The van der Waals surface area contributed by atoms with Crippen LogP contribution in [0.25, 0.3) is 16.7 Å². The number of aryl methyl sites for hydroxylation is 1. The molecule has 2 aromatic carbocycles. The van der Waals surface area contributed by atoms with E-state index in [4.69, 9.17) is 4.74 Å². The van der Waals surface area contributed by atoms with Gasteiger partial charge >= 0.3 is 0 Å². The molecule has 8 heteroatoms. The molecule has 5 rings (SSSR count). The summed E-state index contributed by atoms with van der Waals surface area (Å²) in [6.45, 7) is 0.191. The molecule has 164 valence electrons. The van der Waals surface area contributed by atoms with Gasteiger partial charge in [-0.3, -0.25) is 9.36 Å². The van der Waals surface area contributed by atoms with E-state index in [2.05, 4.69) is 22.2 Å². The Hall–Kier alpha value is -3.36. The van der Waals surface area contributed by atoms with E-state index in [0.717, 1.165) is 19.3 Å². The van der Waals surface area contributed by atoms with Crippen molar-refractivity contribution in [2.45, 2.75) is 38.0 Å². The Kier molecular flexibility index (Phi) is 5.55. The van der Waals surface area contributed by atoms with Gasteiger partial charge in [-0.25, -0.2) is 14.1 Å². The van der Waals surface area contributed by atoms with Crippen LogP contribution in [0.3, 0.4) is 0 Å². The van der Waals surface area contributed by atoms with E-state index in [1.807, 2.05) is 12.1 Å². The van der Waals surface area contributed by atoms with E-state index < -0.39 is 6.10 Å². The van der Waals surface area contributed by atoms with Crippen molar-refractivity contribution in [2.24, 2.45) is 0 Å². The number of benzene rings is 2. The zero-order valence-corrected chi connectivity index (χ0v) is 17.4. The van der Waals surface area contributed by atoms with Crippen LogP contribution in [-0.4, -0.2) is 37.1 Å². The molecule has 2 aromatic heterocycles. The fraction of sp³-hybridized carbons (Fsp3) is 0.292. The van der Waals surface area contributed by atoms with Crippen LogP contribution >= 0.6 is 0 Å². The number of nitrogens with zero attached hydrogens (tertiary/aromatic N) is 4. The first-order valence-electron chi connectivity index (χ1n) is 10.7. The maximum absolute atomic E-state index is 13.2. The summed E-state index contributed by atoms with van der Waals surface area (Å²) in [5.74, 6) is -0.353. The number of halogens is 1. The highest BCUT2D eigenvalue weighted by Gasteiger charge is 2.22. The number of hydrogen-bond acceptors (Lipinski definition) is 5. The van der Waals surface area contributed by atoms with Crippen LogP contribution < -0.4 is 5.56 Å². The third-order valence-electron chi connectivity index (χ3n) is 5.84. The second-order valence-corrected chi connectivity index (χ2v) is 8.04. The average molecular weight is 434 g/mol. The summed E-state index contributed by atoms with van der Waals surface area (Å²) < 4.78 is 22.1. The Morgan fingerprint density at radius 3 is 2.84 bits per heavy atom. The minimum atomic E-state index is -0.854. The molecule has 0 saturated heterocycles. The van der Waals surface area contributed by atoms with Crippen molar-refractivity contribution in [1.29, 1.82) is 0 Å². The van der Waals surface area contributed by atoms with Crippen LogP contribution in [0.2, 0.25) is 0 Å². The van der Waals surface area contributed by atoms with Gasteiger partial charge < -0.3 is 9.84 Å². The Bertz CT molecular complexity index is 1300. The number of rotatable bonds is 6. The first-order valence-corrected chi connectivity index (χ1v) is 10.7. The Morgan fingerprint density at radius 1 is 1.19 bits per heavy atom. The van der Waals surface area contributed by atoms with Crippen LogP contribution in [0.1, 0.15) is 30.1 Å². The van der Waals surface area contributed by atoms with Gasteiger partial charge in [0.1, 0.15) is 17.5 Å². The molecule has 1 aliphatic carbocycles. The van der Waals surface area contributed by atoms with Gasteiger partial charge in [-0.1, -0.05) is 24.3 Å². The average Bonchev–Trinajstić information content (AvgIpc) is 3.25. The van der Waals surface area contributed by atoms with Crippen molar-refractivity contribution < 1.29 is 14.2 Å². The van der Waals surface area contributed by atoms with Crippen molar-refractivity contribution in [3.05, 3.63) is 88.4 Å². The number of aliphatic hydroxyl groups is 1. The quantitative estimate of drug-likeness (QED) is 0.504. The second kappa shape index (κ2) is 8.64. The molecule has 0 unspecified atom stereocenters. The topological polar surface area (TPSA) is 82.2 Å². The van der Waals surface area contributed by atoms with E-state index in [-0.39, 0.29) is 30.6 Å². The van der Waals surface area contributed by atoms with Crippen molar-refractivity contribution in [2.75, 3.05) is 6.61 Å². The summed E-state index contributed by atoms with van der Waals surface area (Å²) in [6, 6.07) is 14.0. The lowest BCUT2D eigenvalue weighted by Gasteiger charge is -2.26. The Labute approximate surface area is 183 Å². The molecule has 32 heavy (non-hydrogen) atoms. The van der Waals surface area contributed by atoms with Gasteiger partial charge in [0.15, 0.2) is 5.65 Å². The molecule has 4 aromatic rings. The fourth-order valence-electron chi connectivity index (χ4n) is 4.24. The van der Waals surface area contributed by atoms with E-state index >= 15 is 0 Å². The largest absolute Gasteiger partial charge is 0.389 e. The van der Waals surface area contributed by atoms with Gasteiger partial charge in [0.2, 0.25) is 0 Å². The summed E-state index contributed by atoms with van der Waals surface area (Å²) >= 11 is 0. The predicted molar refractivity (Wildman–Crippen MR) is 117 cm³/mol. The summed E-state index contributed by atoms with van der Waals surface area (Å²) in [7, 11) is 0. The SMILES string of the molecule is O=c1c2cnn(-c3ccc(F)cc3)c2ncn1C[C@H](O)CO[C@@H]1CCCc2ccccc21. The third kappa shape index (κ3) is 3.94. The highest BCUT2D eigenvalue weighted by Crippen LogP contribution is 2.32. The lowest BCUT2D eigenvalue weighted by molar-refractivity contribution is -0.0228. The van der Waals surface area contributed by atoms with Crippen LogP contribution in [-0.2, 0) is 17.7 Å². The van der Waals surface area contributed by atoms with Gasteiger partial charge in [-0.2, -0.15) is 5.10 Å². The highest BCUT2D eigenvalue weighted by atomic mass is 19.1. The lowest BCUT2D eigenvalue weighted by Crippen LogP contribution is -2.30. The first kappa shape index (κ1) is 20.5. The van der Waals surface area contributed by atoms with E-state index in [1.165, 1.54) is 45.0 Å². The summed E-state index contributed by atoms with van der Waals surface area (Å²) in [5.41, 5.74) is 3.15. The van der Waals surface area contributed by atoms with Gasteiger partial charge in [-0.15, -0.1) is 0 Å². The monoisotopic (exact) mass is 434 g/mol. The van der Waals surface area contributed by atoms with Crippen molar-refractivity contribution >= 4 is 11.0 Å². The number of hydrogen-bond donors (Lipinski definition) is 1. The number of fused-ring (bicyclic) bond motifs is 2. The minimum Gasteiger partial charge on any atom is -0.389 e. The molecule has 0 fully saturated rings. The van der Waals surface area contributed by atoms with Gasteiger partial charge in [0, 0.05) is 0 Å². The number of ether oxygens (including phenoxy) is 1. The van der Waals surface area contributed by atoms with Gasteiger partial charge in [0.25, 0.3) is 5.56 Å². The lowest BCUT2D eigenvalue weighted by atomic mass is 9.89. The number of aromatic nitrogens is 4. The van der Waals surface area contributed by atoms with E-state index in [0.29, 0.717) is 16.7 Å². The second-order valence-electron chi connectivity index (χ2n) is 8.04. The van der Waals surface area contributed by atoms with Crippen molar-refractivity contribution in [3.8, 4) is 5.69 Å². The summed E-state index contributed by atoms with van der Waals surface area (Å²) in [4.78, 5) is 17.2. The smallest absolute Gasteiger partial charge is 0.264 e. The molecule has 2 heterocycles. The van der Waals surface area contributed by atoms with E-state index in [9.17, 15) is 14.3 Å². The third-order valence-corrected chi connectivity index (χ3v) is 5.84. The zero-order chi connectivity index (χ0) is 22.1. The van der Waals surface area contributed by atoms with Crippen LogP contribution in [0.5, 0.6) is 0 Å². The fourth-order valence-corrected chi connectivity index (χ4v) is 4.24. The molecule has 1 aliphatic rings. The molecular formula is C24H23FN4O3. The number of aliphatic hydroxyl groups excluding tert-OH is 1. The molecular weight excluding hydrogens is 411 g/mol. The normalized spacial score (nSPS) is 16.8. The highest BCUT2D eigenvalue weighted by molar-refractivity contribution is 5.74. The van der Waals surface area contributed by atoms with Gasteiger partial charge in [0.05, 0.1) is 37.2 Å². The zero-order valence-electron chi connectivity index (χ0n) is 17.4. The molecule has 0 radical (unpaired) electrons. The summed E-state index contributed by atoms with van der Waals surface area (Å²) in [6.07, 6.45) is 4.95. The standard InChI is InChI=1S/C24H23FN4O3/c25-17-8-10-18(11-9-17)29-23-21(12-27-29)24(31)28(15-26-23)13-19(30)14-32-22-7-3-5-16-4-1-2-6-20(16)22/h1-2,4,6,8-12,15,19,22,30H,3,5,7,13-14H2/t19-,22+/m0/s1. The molecule has 0 bridgehead atoms. The maximum Gasteiger partial charge on any atom is 0.264 e. The molecule has 0 spiro atoms. The molecule has 0 amide bonds. The Morgan fingerprint density at radius 2 is 2.00 bits per heavy atom. The van der Waals surface area contributed by atoms with Crippen LogP contribution in [0.4, 0.5) is 4.39 Å². The molecule has 1 N–H and O–H groups in total. The molecule has 0 saturated carbocycles. The van der Waals surface area contributed by atoms with Crippen molar-refractivity contribution in [3.63, 3.8) is 0 Å². The minimum absolute atomic E-state index is 0.0409. The van der Waals surface area contributed by atoms with Crippen LogP contribution in [0, 0.1) is 5.82 Å². The van der Waals surface area contributed by atoms with Crippen molar-refractivity contribution in [1.82, 2.24) is 19.3 Å². The first-order chi connectivity index (χ1) is 15.6. The molecule has 0 aliphatic heterocycles. The van der Waals surface area contributed by atoms with Crippen LogP contribution in [0.15, 0.2) is 65.8 Å². The predicted octanol–water partition coefficient (Wildman–Crippen LogP) is 3.18. The molecule has 7 nitrogen and oxygen atoms in total.